The molecule has 0 spiro atoms. The first-order chi connectivity index (χ1) is 12.4. The van der Waals surface area contributed by atoms with E-state index in [1.807, 2.05) is 13.0 Å². The number of hydrogen-bond donors (Lipinski definition) is 0. The number of carbonyl (C=O) groups is 1. The summed E-state index contributed by atoms with van der Waals surface area (Å²) in [6, 6.07) is 6.15. The Morgan fingerprint density at radius 2 is 2.04 bits per heavy atom. The minimum absolute atomic E-state index is 0.305. The molecule has 2 heterocycles. The van der Waals surface area contributed by atoms with Gasteiger partial charge in [0.15, 0.2) is 0 Å². The third-order valence-electron chi connectivity index (χ3n) is 3.60. The Labute approximate surface area is 169 Å². The average Bonchev–Trinajstić information content (AvgIpc) is 3.17. The number of ether oxygens (including phenoxy) is 2. The van der Waals surface area contributed by atoms with Gasteiger partial charge >= 0.3 is 5.97 Å². The fraction of sp³-hybridized carbons (Fsp3) is 0.368. The molecule has 7 heteroatoms. The third-order valence-corrected chi connectivity index (χ3v) is 6.97. The van der Waals surface area contributed by atoms with Crippen LogP contribution in [-0.4, -0.2) is 24.2 Å². The van der Waals surface area contributed by atoms with Gasteiger partial charge in [-0.25, -0.2) is 9.78 Å². The molecule has 0 amide bonds. The van der Waals surface area contributed by atoms with Gasteiger partial charge in [0.1, 0.15) is 15.6 Å². The van der Waals surface area contributed by atoms with E-state index < -0.39 is 0 Å². The number of aryl methyl sites for hydroxylation is 1. The SMILES string of the molecule is CCOC(=O)c1sc(-c2cc3cc(OCC(C)C)cc(Br)c3s2)nc1C. The maximum Gasteiger partial charge on any atom is 0.350 e. The lowest BCUT2D eigenvalue weighted by Gasteiger charge is -2.09. The molecule has 0 atom stereocenters. The predicted octanol–water partition coefficient (Wildman–Crippen LogP) is 6.31. The van der Waals surface area contributed by atoms with E-state index >= 15 is 0 Å². The van der Waals surface area contributed by atoms with E-state index in [0.717, 1.165) is 30.2 Å². The van der Waals surface area contributed by atoms with Gasteiger partial charge in [-0.2, -0.15) is 0 Å². The zero-order valence-electron chi connectivity index (χ0n) is 15.1. The van der Waals surface area contributed by atoms with Gasteiger partial charge in [0, 0.05) is 9.17 Å². The van der Waals surface area contributed by atoms with Crippen LogP contribution in [0.15, 0.2) is 22.7 Å². The molecule has 0 radical (unpaired) electrons. The number of rotatable bonds is 6. The third kappa shape index (κ3) is 4.10. The number of esters is 1. The smallest absolute Gasteiger partial charge is 0.350 e. The van der Waals surface area contributed by atoms with Crippen LogP contribution in [0.4, 0.5) is 0 Å². The fourth-order valence-electron chi connectivity index (χ4n) is 2.42. The van der Waals surface area contributed by atoms with Crippen molar-refractivity contribution in [3.05, 3.63) is 33.2 Å². The summed E-state index contributed by atoms with van der Waals surface area (Å²) in [5.41, 5.74) is 0.709. The second-order valence-corrected chi connectivity index (χ2v) is 9.20. The number of benzene rings is 1. The first kappa shape index (κ1) is 19.3. The summed E-state index contributed by atoms with van der Waals surface area (Å²) >= 11 is 6.67. The number of nitrogens with zero attached hydrogens (tertiary/aromatic N) is 1. The van der Waals surface area contributed by atoms with E-state index in [1.54, 1.807) is 18.3 Å². The fourth-order valence-corrected chi connectivity index (χ4v) is 5.17. The van der Waals surface area contributed by atoms with Gasteiger partial charge < -0.3 is 9.47 Å². The lowest BCUT2D eigenvalue weighted by Crippen LogP contribution is -2.04. The molecule has 0 aliphatic carbocycles. The second-order valence-electron chi connectivity index (χ2n) is 6.29. The van der Waals surface area contributed by atoms with Gasteiger partial charge in [0.05, 0.1) is 23.8 Å². The highest BCUT2D eigenvalue weighted by atomic mass is 79.9. The molecule has 4 nitrogen and oxygen atoms in total. The molecule has 0 saturated heterocycles. The van der Waals surface area contributed by atoms with Crippen LogP contribution in [0.1, 0.15) is 36.1 Å². The highest BCUT2D eigenvalue weighted by molar-refractivity contribution is 9.10. The highest BCUT2D eigenvalue weighted by Crippen LogP contribution is 2.41. The molecule has 3 rings (SSSR count). The molecule has 0 saturated carbocycles. The summed E-state index contributed by atoms with van der Waals surface area (Å²) in [6.45, 7) is 8.94. The number of thiazole rings is 1. The molecule has 0 unspecified atom stereocenters. The van der Waals surface area contributed by atoms with Crippen LogP contribution in [-0.2, 0) is 4.74 Å². The summed E-state index contributed by atoms with van der Waals surface area (Å²) in [4.78, 5) is 18.2. The number of aromatic nitrogens is 1. The van der Waals surface area contributed by atoms with Crippen LogP contribution < -0.4 is 4.74 Å². The standard InChI is InChI=1S/C19H20BrNO3S2/c1-5-23-19(22)16-11(4)21-18(26-16)15-7-12-6-13(24-9-10(2)3)8-14(20)17(12)25-15/h6-8,10H,5,9H2,1-4H3. The van der Waals surface area contributed by atoms with Crippen molar-refractivity contribution in [2.45, 2.75) is 27.7 Å². The van der Waals surface area contributed by atoms with Crippen molar-refractivity contribution in [1.82, 2.24) is 4.98 Å². The Balaban J connectivity index is 1.95. The zero-order valence-corrected chi connectivity index (χ0v) is 18.3. The van der Waals surface area contributed by atoms with E-state index in [1.165, 1.54) is 11.3 Å². The zero-order chi connectivity index (χ0) is 18.8. The monoisotopic (exact) mass is 453 g/mol. The topological polar surface area (TPSA) is 48.4 Å². The molecule has 26 heavy (non-hydrogen) atoms. The maximum atomic E-state index is 12.0. The van der Waals surface area contributed by atoms with Crippen LogP contribution in [0.2, 0.25) is 0 Å². The molecule has 0 N–H and O–H groups in total. The van der Waals surface area contributed by atoms with Gasteiger partial charge in [0.2, 0.25) is 0 Å². The molecular formula is C19H20BrNO3S2. The van der Waals surface area contributed by atoms with Gasteiger partial charge in [0.25, 0.3) is 0 Å². The van der Waals surface area contributed by atoms with Crippen LogP contribution in [0.5, 0.6) is 5.75 Å². The van der Waals surface area contributed by atoms with Crippen molar-refractivity contribution >= 4 is 54.7 Å². The number of carbonyl (C=O) groups excluding carboxylic acids is 1. The Morgan fingerprint density at radius 1 is 1.27 bits per heavy atom. The minimum Gasteiger partial charge on any atom is -0.493 e. The molecule has 3 aromatic rings. The van der Waals surface area contributed by atoms with Crippen molar-refractivity contribution in [2.24, 2.45) is 5.92 Å². The van der Waals surface area contributed by atoms with Crippen molar-refractivity contribution < 1.29 is 14.3 Å². The summed E-state index contributed by atoms with van der Waals surface area (Å²) in [5.74, 6) is 1.02. The summed E-state index contributed by atoms with van der Waals surface area (Å²) in [7, 11) is 0. The summed E-state index contributed by atoms with van der Waals surface area (Å²) < 4.78 is 13.1. The number of fused-ring (bicyclic) bond motifs is 1. The quantitative estimate of drug-likeness (QED) is 0.410. The lowest BCUT2D eigenvalue weighted by atomic mass is 10.2. The normalized spacial score (nSPS) is 11.3. The summed E-state index contributed by atoms with van der Waals surface area (Å²) in [5, 5.41) is 1.94. The molecular weight excluding hydrogens is 434 g/mol. The molecule has 2 aromatic heterocycles. The first-order valence-corrected chi connectivity index (χ1v) is 10.8. The molecule has 0 aliphatic rings. The molecule has 138 valence electrons. The second kappa shape index (κ2) is 8.06. The van der Waals surface area contributed by atoms with Gasteiger partial charge in [-0.1, -0.05) is 13.8 Å². The van der Waals surface area contributed by atoms with Gasteiger partial charge in [-0.15, -0.1) is 22.7 Å². The predicted molar refractivity (Wildman–Crippen MR) is 112 cm³/mol. The van der Waals surface area contributed by atoms with Crippen molar-refractivity contribution in [2.75, 3.05) is 13.2 Å². The largest absolute Gasteiger partial charge is 0.493 e. The average molecular weight is 454 g/mol. The van der Waals surface area contributed by atoms with Crippen molar-refractivity contribution in [3.63, 3.8) is 0 Å². The van der Waals surface area contributed by atoms with Crippen LogP contribution in [0.25, 0.3) is 20.0 Å². The Morgan fingerprint density at radius 3 is 2.73 bits per heavy atom. The number of halogens is 1. The first-order valence-electron chi connectivity index (χ1n) is 8.39. The molecule has 0 aliphatic heterocycles. The molecule has 0 bridgehead atoms. The Kier molecular flexibility index (Phi) is 5.99. The maximum absolute atomic E-state index is 12.0. The van der Waals surface area contributed by atoms with E-state index in [0.29, 0.717) is 29.7 Å². The van der Waals surface area contributed by atoms with E-state index in [2.05, 4.69) is 46.9 Å². The highest BCUT2D eigenvalue weighted by Gasteiger charge is 2.19. The van der Waals surface area contributed by atoms with Gasteiger partial charge in [-0.05, 0) is 59.3 Å². The van der Waals surface area contributed by atoms with Crippen molar-refractivity contribution in [1.29, 1.82) is 0 Å². The molecule has 1 aromatic carbocycles. The number of thiophene rings is 1. The van der Waals surface area contributed by atoms with Crippen LogP contribution in [0, 0.1) is 12.8 Å². The summed E-state index contributed by atoms with van der Waals surface area (Å²) in [6.07, 6.45) is 0. The lowest BCUT2D eigenvalue weighted by molar-refractivity contribution is 0.0531. The van der Waals surface area contributed by atoms with E-state index in [-0.39, 0.29) is 5.97 Å². The van der Waals surface area contributed by atoms with Crippen LogP contribution in [0.3, 0.4) is 0 Å². The van der Waals surface area contributed by atoms with Gasteiger partial charge in [-0.3, -0.25) is 0 Å². The van der Waals surface area contributed by atoms with Crippen molar-refractivity contribution in [3.8, 4) is 15.6 Å². The van der Waals surface area contributed by atoms with Crippen LogP contribution >= 0.6 is 38.6 Å². The van der Waals surface area contributed by atoms with E-state index in [4.69, 9.17) is 9.47 Å². The molecule has 0 fully saturated rings. The Bertz CT molecular complexity index is 946. The minimum atomic E-state index is -0.305. The van der Waals surface area contributed by atoms with E-state index in [9.17, 15) is 4.79 Å². The Hall–Kier alpha value is -1.44. The number of hydrogen-bond acceptors (Lipinski definition) is 6.